The molecule has 26 heavy (non-hydrogen) atoms. The number of likely N-dealkylation sites (tertiary alicyclic amines) is 1. The summed E-state index contributed by atoms with van der Waals surface area (Å²) in [5.74, 6) is 1.19. The third-order valence-electron chi connectivity index (χ3n) is 5.04. The smallest absolute Gasteiger partial charge is 0.264 e. The molecule has 0 saturated carbocycles. The standard InChI is InChI=1S/C21H24N2O3/c24-21(20-15-25-18-10-4-5-11-19(18)26-20)22-14-17(23-12-6-7-13-23)16-8-2-1-3-9-16/h1-5,8-11,17,20H,6-7,12-15H2,(H,22,24). The fourth-order valence-corrected chi connectivity index (χ4v) is 3.65. The fraction of sp³-hybridized carbons (Fsp3) is 0.381. The Labute approximate surface area is 153 Å². The molecule has 5 nitrogen and oxygen atoms in total. The van der Waals surface area contributed by atoms with E-state index < -0.39 is 6.10 Å². The van der Waals surface area contributed by atoms with E-state index in [9.17, 15) is 4.79 Å². The number of amides is 1. The second-order valence-electron chi connectivity index (χ2n) is 6.78. The second-order valence-corrected chi connectivity index (χ2v) is 6.78. The number of rotatable bonds is 5. The van der Waals surface area contributed by atoms with E-state index in [0.29, 0.717) is 18.0 Å². The van der Waals surface area contributed by atoms with E-state index in [1.807, 2.05) is 30.3 Å². The van der Waals surface area contributed by atoms with Crippen molar-refractivity contribution in [1.82, 2.24) is 10.2 Å². The summed E-state index contributed by atoms with van der Waals surface area (Å²) in [7, 11) is 0. The molecular weight excluding hydrogens is 328 g/mol. The van der Waals surface area contributed by atoms with Crippen LogP contribution in [0.1, 0.15) is 24.4 Å². The highest BCUT2D eigenvalue weighted by Crippen LogP contribution is 2.31. The summed E-state index contributed by atoms with van der Waals surface area (Å²) in [5, 5.41) is 3.07. The normalized spacial score (nSPS) is 20.5. The molecule has 2 unspecified atom stereocenters. The maximum absolute atomic E-state index is 12.6. The number of benzene rings is 2. The number of hydrogen-bond acceptors (Lipinski definition) is 4. The summed E-state index contributed by atoms with van der Waals surface area (Å²) >= 11 is 0. The van der Waals surface area contributed by atoms with Gasteiger partial charge in [0.05, 0.1) is 6.04 Å². The van der Waals surface area contributed by atoms with Crippen LogP contribution < -0.4 is 14.8 Å². The van der Waals surface area contributed by atoms with Crippen LogP contribution in [-0.4, -0.2) is 43.2 Å². The molecule has 0 radical (unpaired) electrons. The number of nitrogens with zero attached hydrogens (tertiary/aromatic N) is 1. The minimum Gasteiger partial charge on any atom is -0.485 e. The average Bonchev–Trinajstić information content (AvgIpc) is 3.23. The summed E-state index contributed by atoms with van der Waals surface area (Å²) in [6, 6.07) is 18.0. The zero-order valence-corrected chi connectivity index (χ0v) is 14.8. The van der Waals surface area contributed by atoms with Crippen molar-refractivity contribution >= 4 is 5.91 Å². The lowest BCUT2D eigenvalue weighted by Gasteiger charge is -2.30. The number of hydrogen-bond donors (Lipinski definition) is 1. The number of carbonyl (C=O) groups is 1. The molecule has 1 N–H and O–H groups in total. The first kappa shape index (κ1) is 16.9. The molecule has 2 atom stereocenters. The Morgan fingerprint density at radius 1 is 1.04 bits per heavy atom. The molecule has 2 aliphatic rings. The molecule has 136 valence electrons. The van der Waals surface area contributed by atoms with E-state index in [0.717, 1.165) is 13.1 Å². The Hall–Kier alpha value is -2.53. The molecule has 2 aliphatic heterocycles. The molecule has 1 saturated heterocycles. The van der Waals surface area contributed by atoms with Crippen molar-refractivity contribution in [2.75, 3.05) is 26.2 Å². The Balaban J connectivity index is 1.40. The van der Waals surface area contributed by atoms with Crippen LogP contribution in [0.15, 0.2) is 54.6 Å². The lowest BCUT2D eigenvalue weighted by molar-refractivity contribution is -0.130. The Bertz CT molecular complexity index is 744. The van der Waals surface area contributed by atoms with Gasteiger partial charge in [0.25, 0.3) is 5.91 Å². The molecular formula is C21H24N2O3. The lowest BCUT2D eigenvalue weighted by Crippen LogP contribution is -2.46. The Morgan fingerprint density at radius 2 is 1.73 bits per heavy atom. The van der Waals surface area contributed by atoms with Gasteiger partial charge in [0.15, 0.2) is 11.5 Å². The molecule has 0 aliphatic carbocycles. The van der Waals surface area contributed by atoms with Crippen LogP contribution in [0.5, 0.6) is 11.5 Å². The largest absolute Gasteiger partial charge is 0.485 e. The molecule has 2 aromatic rings. The highest BCUT2D eigenvalue weighted by atomic mass is 16.6. The van der Waals surface area contributed by atoms with Gasteiger partial charge in [-0.2, -0.15) is 0 Å². The van der Waals surface area contributed by atoms with Crippen molar-refractivity contribution in [3.05, 3.63) is 60.2 Å². The van der Waals surface area contributed by atoms with E-state index >= 15 is 0 Å². The Kier molecular flexibility index (Phi) is 5.07. The molecule has 5 heteroatoms. The molecule has 1 amide bonds. The summed E-state index contributed by atoms with van der Waals surface area (Å²) in [6.07, 6.45) is 1.82. The van der Waals surface area contributed by atoms with Crippen LogP contribution in [-0.2, 0) is 4.79 Å². The van der Waals surface area contributed by atoms with Gasteiger partial charge < -0.3 is 14.8 Å². The van der Waals surface area contributed by atoms with Gasteiger partial charge in [-0.15, -0.1) is 0 Å². The zero-order chi connectivity index (χ0) is 17.8. The summed E-state index contributed by atoms with van der Waals surface area (Å²) in [5.41, 5.74) is 1.24. The van der Waals surface area contributed by atoms with Crippen molar-refractivity contribution in [2.45, 2.75) is 25.0 Å². The SMILES string of the molecule is O=C(NCC(c1ccccc1)N1CCCC1)C1COc2ccccc2O1. The van der Waals surface area contributed by atoms with Crippen molar-refractivity contribution in [1.29, 1.82) is 0 Å². The maximum Gasteiger partial charge on any atom is 0.264 e. The fourth-order valence-electron chi connectivity index (χ4n) is 3.65. The van der Waals surface area contributed by atoms with Gasteiger partial charge >= 0.3 is 0 Å². The first-order chi connectivity index (χ1) is 12.8. The molecule has 2 heterocycles. The summed E-state index contributed by atoms with van der Waals surface area (Å²) in [6.45, 7) is 2.96. The summed E-state index contributed by atoms with van der Waals surface area (Å²) < 4.78 is 11.5. The zero-order valence-electron chi connectivity index (χ0n) is 14.8. The molecule has 0 bridgehead atoms. The number of para-hydroxylation sites is 2. The van der Waals surface area contributed by atoms with Crippen LogP contribution in [0, 0.1) is 0 Å². The predicted octanol–water partition coefficient (Wildman–Crippen LogP) is 2.78. The van der Waals surface area contributed by atoms with Gasteiger partial charge in [-0.25, -0.2) is 0 Å². The first-order valence-electron chi connectivity index (χ1n) is 9.26. The average molecular weight is 352 g/mol. The Morgan fingerprint density at radius 3 is 2.50 bits per heavy atom. The van der Waals surface area contributed by atoms with E-state index in [4.69, 9.17) is 9.47 Å². The van der Waals surface area contributed by atoms with E-state index in [2.05, 4.69) is 34.5 Å². The molecule has 0 aromatic heterocycles. The van der Waals surface area contributed by atoms with Gasteiger partial charge in [0, 0.05) is 6.54 Å². The minimum absolute atomic E-state index is 0.125. The van der Waals surface area contributed by atoms with Crippen LogP contribution in [0.25, 0.3) is 0 Å². The van der Waals surface area contributed by atoms with Crippen molar-refractivity contribution in [2.24, 2.45) is 0 Å². The van der Waals surface area contributed by atoms with Gasteiger partial charge in [-0.3, -0.25) is 9.69 Å². The van der Waals surface area contributed by atoms with Gasteiger partial charge in [0.1, 0.15) is 6.61 Å². The number of fused-ring (bicyclic) bond motifs is 1. The van der Waals surface area contributed by atoms with E-state index in [1.165, 1.54) is 18.4 Å². The van der Waals surface area contributed by atoms with Gasteiger partial charge in [-0.05, 0) is 43.6 Å². The first-order valence-corrected chi connectivity index (χ1v) is 9.26. The monoisotopic (exact) mass is 352 g/mol. The predicted molar refractivity (Wildman–Crippen MR) is 99.4 cm³/mol. The van der Waals surface area contributed by atoms with Crippen LogP contribution in [0.2, 0.25) is 0 Å². The third-order valence-corrected chi connectivity index (χ3v) is 5.04. The van der Waals surface area contributed by atoms with Crippen molar-refractivity contribution in [3.8, 4) is 11.5 Å². The lowest BCUT2D eigenvalue weighted by atomic mass is 10.1. The number of nitrogens with one attached hydrogen (secondary N) is 1. The quantitative estimate of drug-likeness (QED) is 0.899. The summed E-state index contributed by atoms with van der Waals surface area (Å²) in [4.78, 5) is 15.1. The highest BCUT2D eigenvalue weighted by Gasteiger charge is 2.29. The maximum atomic E-state index is 12.6. The molecule has 4 rings (SSSR count). The van der Waals surface area contributed by atoms with Gasteiger partial charge in [-0.1, -0.05) is 42.5 Å². The molecule has 1 fully saturated rings. The van der Waals surface area contributed by atoms with Crippen LogP contribution in [0.3, 0.4) is 0 Å². The highest BCUT2D eigenvalue weighted by molar-refractivity contribution is 5.81. The number of carbonyl (C=O) groups excluding carboxylic acids is 1. The van der Waals surface area contributed by atoms with E-state index in [1.54, 1.807) is 0 Å². The van der Waals surface area contributed by atoms with Crippen molar-refractivity contribution in [3.63, 3.8) is 0 Å². The third kappa shape index (κ3) is 3.68. The van der Waals surface area contributed by atoms with Crippen LogP contribution in [0.4, 0.5) is 0 Å². The van der Waals surface area contributed by atoms with E-state index in [-0.39, 0.29) is 18.6 Å². The number of ether oxygens (including phenoxy) is 2. The molecule has 2 aromatic carbocycles. The molecule has 0 spiro atoms. The minimum atomic E-state index is -0.611. The topological polar surface area (TPSA) is 50.8 Å². The van der Waals surface area contributed by atoms with Crippen molar-refractivity contribution < 1.29 is 14.3 Å². The second kappa shape index (κ2) is 7.79. The van der Waals surface area contributed by atoms with Crippen LogP contribution >= 0.6 is 0 Å². The van der Waals surface area contributed by atoms with Gasteiger partial charge in [0.2, 0.25) is 6.10 Å².